The molecule has 2 aromatic rings. The fourth-order valence-corrected chi connectivity index (χ4v) is 3.12. The molecule has 0 heterocycles. The zero-order valence-electron chi connectivity index (χ0n) is 13.7. The Kier molecular flexibility index (Phi) is 4.26. The first-order valence-electron chi connectivity index (χ1n) is 7.50. The number of nitrogen functional groups attached to an aromatic ring is 1. The first-order valence-corrected chi connectivity index (χ1v) is 8.29. The van der Waals surface area contributed by atoms with Crippen molar-refractivity contribution in [3.8, 4) is 5.75 Å². The minimum atomic E-state index is -0.347. The molecule has 5 N–H and O–H groups in total. The van der Waals surface area contributed by atoms with Crippen LogP contribution in [0, 0.1) is 5.41 Å². The number of nitrogens with zero attached hydrogens (tertiary/aromatic N) is 1. The molecule has 0 fully saturated rings. The first kappa shape index (κ1) is 17.0. The number of allylic oxidation sites excluding steroid dienone is 2. The summed E-state index contributed by atoms with van der Waals surface area (Å²) in [5, 5.41) is 21.8. The maximum atomic E-state index is 12.3. The van der Waals surface area contributed by atoms with E-state index in [4.69, 9.17) is 11.1 Å². The van der Waals surface area contributed by atoms with E-state index < -0.39 is 0 Å². The van der Waals surface area contributed by atoms with Crippen molar-refractivity contribution in [1.29, 1.82) is 5.41 Å². The SMILES string of the molecule is CN(C)c1cccc(Nc2cc(N)c3c(c2O)C(=N)C=C(Br)C3=O)c1. The Morgan fingerprint density at radius 1 is 1.24 bits per heavy atom. The van der Waals surface area contributed by atoms with E-state index in [1.165, 1.54) is 12.1 Å². The van der Waals surface area contributed by atoms with Crippen LogP contribution in [-0.2, 0) is 0 Å². The Morgan fingerprint density at radius 2 is 1.96 bits per heavy atom. The molecule has 0 saturated heterocycles. The van der Waals surface area contributed by atoms with E-state index in [-0.39, 0.29) is 38.5 Å². The van der Waals surface area contributed by atoms with Gasteiger partial charge in [0.15, 0.2) is 0 Å². The average Bonchev–Trinajstić information content (AvgIpc) is 2.56. The Hall–Kier alpha value is -2.80. The number of rotatable bonds is 3. The molecule has 2 aromatic carbocycles. The van der Waals surface area contributed by atoms with Gasteiger partial charge in [0, 0.05) is 31.2 Å². The third-order valence-electron chi connectivity index (χ3n) is 3.96. The number of aromatic hydroxyl groups is 1. The number of nitrogens with two attached hydrogens (primary N) is 1. The number of nitrogens with one attached hydrogen (secondary N) is 2. The highest BCUT2D eigenvalue weighted by Gasteiger charge is 2.29. The van der Waals surface area contributed by atoms with Crippen LogP contribution < -0.4 is 16.0 Å². The molecule has 7 heteroatoms. The van der Waals surface area contributed by atoms with E-state index in [1.807, 2.05) is 43.3 Å². The van der Waals surface area contributed by atoms with Crippen LogP contribution in [0.25, 0.3) is 0 Å². The monoisotopic (exact) mass is 400 g/mol. The molecule has 0 amide bonds. The number of phenolic OH excluding ortho intramolecular Hbond substituents is 1. The van der Waals surface area contributed by atoms with Gasteiger partial charge in [0.1, 0.15) is 5.75 Å². The van der Waals surface area contributed by atoms with Gasteiger partial charge in [-0.15, -0.1) is 0 Å². The zero-order valence-corrected chi connectivity index (χ0v) is 15.3. The lowest BCUT2D eigenvalue weighted by Crippen LogP contribution is -2.17. The molecule has 0 bridgehead atoms. The summed E-state index contributed by atoms with van der Waals surface area (Å²) in [6, 6.07) is 9.13. The van der Waals surface area contributed by atoms with Gasteiger partial charge in [0.25, 0.3) is 0 Å². The van der Waals surface area contributed by atoms with E-state index >= 15 is 0 Å². The zero-order chi connectivity index (χ0) is 18.3. The van der Waals surface area contributed by atoms with Crippen molar-refractivity contribution in [2.45, 2.75) is 0 Å². The molecule has 0 atom stereocenters. The van der Waals surface area contributed by atoms with Crippen LogP contribution >= 0.6 is 15.9 Å². The lowest BCUT2D eigenvalue weighted by Gasteiger charge is -2.20. The first-order chi connectivity index (χ1) is 11.8. The maximum absolute atomic E-state index is 12.3. The van der Waals surface area contributed by atoms with Gasteiger partial charge in [0.05, 0.1) is 27.0 Å². The molecule has 0 unspecified atom stereocenters. The van der Waals surface area contributed by atoms with Gasteiger partial charge in [-0.3, -0.25) is 4.79 Å². The Morgan fingerprint density at radius 3 is 2.64 bits per heavy atom. The Balaban J connectivity index is 2.08. The smallest absolute Gasteiger partial charge is 0.202 e. The number of ketones is 1. The fraction of sp³-hybridized carbons (Fsp3) is 0.111. The summed E-state index contributed by atoms with van der Waals surface area (Å²) in [6.45, 7) is 0. The van der Waals surface area contributed by atoms with Gasteiger partial charge < -0.3 is 26.5 Å². The van der Waals surface area contributed by atoms with Gasteiger partial charge in [-0.05, 0) is 46.3 Å². The van der Waals surface area contributed by atoms with Crippen LogP contribution in [0.15, 0.2) is 40.9 Å². The number of benzene rings is 2. The van der Waals surface area contributed by atoms with Gasteiger partial charge in [-0.1, -0.05) is 6.07 Å². The maximum Gasteiger partial charge on any atom is 0.202 e. The fourth-order valence-electron chi connectivity index (χ4n) is 2.70. The number of hydrogen-bond acceptors (Lipinski definition) is 6. The second-order valence-electron chi connectivity index (χ2n) is 5.92. The van der Waals surface area contributed by atoms with Crippen molar-refractivity contribution in [1.82, 2.24) is 0 Å². The van der Waals surface area contributed by atoms with Crippen LogP contribution in [0.5, 0.6) is 5.75 Å². The van der Waals surface area contributed by atoms with E-state index in [2.05, 4.69) is 21.2 Å². The largest absolute Gasteiger partial charge is 0.505 e. The lowest BCUT2D eigenvalue weighted by molar-refractivity contribution is 0.104. The number of carbonyl (C=O) groups is 1. The highest BCUT2D eigenvalue weighted by atomic mass is 79.9. The van der Waals surface area contributed by atoms with E-state index in [0.717, 1.165) is 11.4 Å². The van der Waals surface area contributed by atoms with Crippen LogP contribution in [0.2, 0.25) is 0 Å². The van der Waals surface area contributed by atoms with Crippen molar-refractivity contribution >= 4 is 50.2 Å². The number of hydrogen-bond donors (Lipinski definition) is 4. The highest BCUT2D eigenvalue weighted by Crippen LogP contribution is 2.40. The van der Waals surface area contributed by atoms with Gasteiger partial charge in [0.2, 0.25) is 5.78 Å². The molecule has 25 heavy (non-hydrogen) atoms. The van der Waals surface area contributed by atoms with Gasteiger partial charge >= 0.3 is 0 Å². The number of anilines is 4. The number of phenols is 1. The quantitative estimate of drug-likeness (QED) is 0.357. The second-order valence-corrected chi connectivity index (χ2v) is 6.77. The van der Waals surface area contributed by atoms with Gasteiger partial charge in [-0.25, -0.2) is 0 Å². The molecule has 0 aliphatic heterocycles. The molecule has 3 rings (SSSR count). The molecular formula is C18H17BrN4O2. The minimum Gasteiger partial charge on any atom is -0.505 e. The predicted molar refractivity (Wildman–Crippen MR) is 105 cm³/mol. The molecule has 0 spiro atoms. The van der Waals surface area contributed by atoms with Crippen molar-refractivity contribution in [2.75, 3.05) is 30.0 Å². The van der Waals surface area contributed by atoms with Crippen LogP contribution in [0.4, 0.5) is 22.7 Å². The normalized spacial score (nSPS) is 13.3. The summed E-state index contributed by atoms with van der Waals surface area (Å²) < 4.78 is 0.246. The van der Waals surface area contributed by atoms with E-state index in [0.29, 0.717) is 5.69 Å². The molecule has 0 radical (unpaired) electrons. The molecular weight excluding hydrogens is 384 g/mol. The van der Waals surface area contributed by atoms with Crippen LogP contribution in [0.1, 0.15) is 15.9 Å². The van der Waals surface area contributed by atoms with E-state index in [9.17, 15) is 9.90 Å². The predicted octanol–water partition coefficient (Wildman–Crippen LogP) is 3.63. The lowest BCUT2D eigenvalue weighted by atomic mass is 9.91. The minimum absolute atomic E-state index is 0.0244. The highest BCUT2D eigenvalue weighted by molar-refractivity contribution is 9.12. The van der Waals surface area contributed by atoms with E-state index in [1.54, 1.807) is 0 Å². The molecule has 6 nitrogen and oxygen atoms in total. The second kappa shape index (κ2) is 6.25. The Bertz CT molecular complexity index is 935. The summed E-state index contributed by atoms with van der Waals surface area (Å²) in [5.41, 5.74) is 8.64. The third-order valence-corrected chi connectivity index (χ3v) is 4.55. The number of carbonyl (C=O) groups excluding carboxylic acids is 1. The summed E-state index contributed by atoms with van der Waals surface area (Å²) in [7, 11) is 3.87. The van der Waals surface area contributed by atoms with Gasteiger partial charge in [-0.2, -0.15) is 0 Å². The van der Waals surface area contributed by atoms with Crippen molar-refractivity contribution in [3.05, 3.63) is 52.0 Å². The van der Waals surface area contributed by atoms with Crippen LogP contribution in [0.3, 0.4) is 0 Å². The average molecular weight is 401 g/mol. The van der Waals surface area contributed by atoms with Crippen molar-refractivity contribution < 1.29 is 9.90 Å². The topological polar surface area (TPSA) is 102 Å². The molecule has 0 aromatic heterocycles. The van der Waals surface area contributed by atoms with Crippen LogP contribution in [-0.4, -0.2) is 30.7 Å². The van der Waals surface area contributed by atoms with Crippen molar-refractivity contribution in [2.24, 2.45) is 0 Å². The summed E-state index contributed by atoms with van der Waals surface area (Å²) in [6.07, 6.45) is 1.36. The standard InChI is InChI=1S/C18H17BrN4O2/c1-23(2)10-5-3-4-9(6-10)22-14-8-13(21)15-16(18(14)25)12(20)7-11(19)17(15)24/h3-8,20,22,25H,21H2,1-2H3. The number of halogens is 1. The molecule has 1 aliphatic rings. The molecule has 1 aliphatic carbocycles. The summed E-state index contributed by atoms with van der Waals surface area (Å²) in [5.74, 6) is -0.519. The number of fused-ring (bicyclic) bond motifs is 1. The molecule has 0 saturated carbocycles. The number of Topliss-reactive ketones (excluding diaryl/α,β-unsaturated/α-hetero) is 1. The third kappa shape index (κ3) is 2.98. The summed E-state index contributed by atoms with van der Waals surface area (Å²) >= 11 is 3.13. The summed E-state index contributed by atoms with van der Waals surface area (Å²) in [4.78, 5) is 14.3. The van der Waals surface area contributed by atoms with Crippen molar-refractivity contribution in [3.63, 3.8) is 0 Å². The Labute approximate surface area is 153 Å². The molecule has 128 valence electrons.